The fourth-order valence-electron chi connectivity index (χ4n) is 2.92. The Kier molecular flexibility index (Phi) is 6.39. The second-order valence-corrected chi connectivity index (χ2v) is 8.77. The van der Waals surface area contributed by atoms with Crippen LogP contribution in [0.5, 0.6) is 0 Å². The van der Waals surface area contributed by atoms with Crippen molar-refractivity contribution in [1.29, 1.82) is 0 Å². The molecular formula is C20H25Cl2N5O2. The van der Waals surface area contributed by atoms with Crippen LogP contribution in [-0.4, -0.2) is 45.7 Å². The molecular weight excluding hydrogens is 413 g/mol. The van der Waals surface area contributed by atoms with Crippen molar-refractivity contribution in [2.45, 2.75) is 45.9 Å². The molecule has 1 aliphatic rings. The predicted molar refractivity (Wildman–Crippen MR) is 116 cm³/mol. The normalized spacial score (nSPS) is 14.3. The van der Waals surface area contributed by atoms with Crippen molar-refractivity contribution in [3.8, 4) is 0 Å². The van der Waals surface area contributed by atoms with E-state index in [9.17, 15) is 4.79 Å². The Morgan fingerprint density at radius 3 is 2.69 bits per heavy atom. The van der Waals surface area contributed by atoms with Gasteiger partial charge < -0.3 is 20.3 Å². The van der Waals surface area contributed by atoms with E-state index in [1.165, 1.54) is 0 Å². The van der Waals surface area contributed by atoms with E-state index in [0.29, 0.717) is 30.5 Å². The van der Waals surface area contributed by atoms with Gasteiger partial charge in [0.05, 0.1) is 16.8 Å². The first kappa shape index (κ1) is 21.5. The third kappa shape index (κ3) is 5.64. The Hall–Kier alpha value is -2.25. The summed E-state index contributed by atoms with van der Waals surface area (Å²) >= 11 is 12.3. The fraction of sp³-hybridized carbons (Fsp3) is 0.450. The van der Waals surface area contributed by atoms with Crippen LogP contribution in [0, 0.1) is 6.92 Å². The van der Waals surface area contributed by atoms with E-state index in [1.54, 1.807) is 11.1 Å². The Balaban J connectivity index is 1.62. The zero-order chi connectivity index (χ0) is 21.2. The van der Waals surface area contributed by atoms with Crippen molar-refractivity contribution < 1.29 is 9.53 Å². The van der Waals surface area contributed by atoms with Crippen LogP contribution in [0.25, 0.3) is 0 Å². The second kappa shape index (κ2) is 8.63. The summed E-state index contributed by atoms with van der Waals surface area (Å²) < 4.78 is 5.38. The zero-order valence-electron chi connectivity index (χ0n) is 16.9. The number of anilines is 2. The van der Waals surface area contributed by atoms with E-state index in [4.69, 9.17) is 27.9 Å². The Bertz CT molecular complexity index is 875. The standard InChI is InChI=1S/C20H25Cl2N5O2/c1-12-6-5-7-15(21)16(12)23-8-13-9-24-18(22)26-17(13)25-14-10-27(11-14)19(28)29-20(2,3)4/h5-7,9,14,23H,8,10-11H2,1-4H3,(H,24,25,26). The van der Waals surface area contributed by atoms with Gasteiger partial charge in [0, 0.05) is 31.4 Å². The number of hydrogen-bond acceptors (Lipinski definition) is 6. The van der Waals surface area contributed by atoms with Crippen LogP contribution in [0.2, 0.25) is 10.3 Å². The third-order valence-electron chi connectivity index (χ3n) is 4.39. The number of amides is 1. The maximum absolute atomic E-state index is 12.1. The number of carbonyl (C=O) groups is 1. The van der Waals surface area contributed by atoms with Crippen molar-refractivity contribution in [2.75, 3.05) is 23.7 Å². The molecule has 0 atom stereocenters. The number of aryl methyl sites for hydroxylation is 1. The van der Waals surface area contributed by atoms with Gasteiger partial charge in [-0.3, -0.25) is 0 Å². The average Bonchev–Trinajstić information content (AvgIpc) is 2.57. The molecule has 1 saturated heterocycles. The van der Waals surface area contributed by atoms with Crippen molar-refractivity contribution in [2.24, 2.45) is 0 Å². The van der Waals surface area contributed by atoms with Crippen LogP contribution in [0.1, 0.15) is 31.9 Å². The van der Waals surface area contributed by atoms with E-state index in [-0.39, 0.29) is 17.4 Å². The molecule has 156 valence electrons. The highest BCUT2D eigenvalue weighted by molar-refractivity contribution is 6.33. The summed E-state index contributed by atoms with van der Waals surface area (Å²) in [5.74, 6) is 0.635. The Morgan fingerprint density at radius 1 is 1.31 bits per heavy atom. The molecule has 2 N–H and O–H groups in total. The summed E-state index contributed by atoms with van der Waals surface area (Å²) in [5, 5.41) is 7.50. The van der Waals surface area contributed by atoms with Gasteiger partial charge in [0.2, 0.25) is 5.28 Å². The van der Waals surface area contributed by atoms with Gasteiger partial charge in [-0.25, -0.2) is 14.8 Å². The molecule has 0 radical (unpaired) electrons. The topological polar surface area (TPSA) is 79.4 Å². The van der Waals surface area contributed by atoms with Crippen LogP contribution in [-0.2, 0) is 11.3 Å². The van der Waals surface area contributed by atoms with Gasteiger partial charge in [-0.15, -0.1) is 0 Å². The first-order valence-electron chi connectivity index (χ1n) is 9.37. The molecule has 0 spiro atoms. The summed E-state index contributed by atoms with van der Waals surface area (Å²) in [6.45, 7) is 9.09. The maximum atomic E-state index is 12.1. The Labute approximate surface area is 180 Å². The first-order chi connectivity index (χ1) is 13.6. The van der Waals surface area contributed by atoms with Crippen LogP contribution >= 0.6 is 23.2 Å². The SMILES string of the molecule is Cc1cccc(Cl)c1NCc1cnc(Cl)nc1NC1CN(C(=O)OC(C)(C)C)C1. The van der Waals surface area contributed by atoms with Gasteiger partial charge >= 0.3 is 6.09 Å². The number of ether oxygens (including phenoxy) is 1. The van der Waals surface area contributed by atoms with E-state index in [0.717, 1.165) is 16.8 Å². The summed E-state index contributed by atoms with van der Waals surface area (Å²) in [5.41, 5.74) is 2.26. The number of carbonyl (C=O) groups excluding carboxylic acids is 1. The van der Waals surface area contributed by atoms with Crippen molar-refractivity contribution in [3.63, 3.8) is 0 Å². The minimum atomic E-state index is -0.508. The highest BCUT2D eigenvalue weighted by Gasteiger charge is 2.34. The van der Waals surface area contributed by atoms with Crippen LogP contribution in [0.15, 0.2) is 24.4 Å². The van der Waals surface area contributed by atoms with Crippen LogP contribution < -0.4 is 10.6 Å². The molecule has 0 bridgehead atoms. The third-order valence-corrected chi connectivity index (χ3v) is 4.88. The van der Waals surface area contributed by atoms with E-state index >= 15 is 0 Å². The van der Waals surface area contributed by atoms with Gasteiger partial charge in [0.1, 0.15) is 11.4 Å². The molecule has 29 heavy (non-hydrogen) atoms. The van der Waals surface area contributed by atoms with Gasteiger partial charge in [-0.05, 0) is 50.9 Å². The molecule has 1 fully saturated rings. The number of halogens is 2. The fourth-order valence-corrected chi connectivity index (χ4v) is 3.34. The molecule has 2 heterocycles. The summed E-state index contributed by atoms with van der Waals surface area (Å²) in [6.07, 6.45) is 1.37. The van der Waals surface area contributed by atoms with E-state index in [1.807, 2.05) is 45.9 Å². The molecule has 7 nitrogen and oxygen atoms in total. The quantitative estimate of drug-likeness (QED) is 0.657. The number of hydrogen-bond donors (Lipinski definition) is 2. The maximum Gasteiger partial charge on any atom is 0.410 e. The molecule has 0 aliphatic carbocycles. The lowest BCUT2D eigenvalue weighted by Gasteiger charge is -2.40. The monoisotopic (exact) mass is 437 g/mol. The number of likely N-dealkylation sites (tertiary alicyclic amines) is 1. The van der Waals surface area contributed by atoms with Crippen LogP contribution in [0.3, 0.4) is 0 Å². The van der Waals surface area contributed by atoms with E-state index in [2.05, 4.69) is 20.6 Å². The highest BCUT2D eigenvalue weighted by Crippen LogP contribution is 2.27. The van der Waals surface area contributed by atoms with Crippen molar-refractivity contribution in [3.05, 3.63) is 45.8 Å². The predicted octanol–water partition coefficient (Wildman–Crippen LogP) is 4.74. The van der Waals surface area contributed by atoms with E-state index < -0.39 is 5.60 Å². The number of para-hydroxylation sites is 1. The second-order valence-electron chi connectivity index (χ2n) is 8.02. The first-order valence-corrected chi connectivity index (χ1v) is 10.1. The largest absolute Gasteiger partial charge is 0.444 e. The summed E-state index contributed by atoms with van der Waals surface area (Å²) in [6, 6.07) is 5.81. The number of nitrogens with one attached hydrogen (secondary N) is 2. The minimum absolute atomic E-state index is 0.0642. The zero-order valence-corrected chi connectivity index (χ0v) is 18.4. The van der Waals surface area contributed by atoms with Crippen LogP contribution in [0.4, 0.5) is 16.3 Å². The lowest BCUT2D eigenvalue weighted by atomic mass is 10.1. The molecule has 1 aromatic heterocycles. The Morgan fingerprint density at radius 2 is 2.03 bits per heavy atom. The molecule has 1 aliphatic heterocycles. The number of benzene rings is 1. The summed E-state index contributed by atoms with van der Waals surface area (Å²) in [4.78, 5) is 22.1. The van der Waals surface area contributed by atoms with Gasteiger partial charge in [-0.2, -0.15) is 0 Å². The average molecular weight is 438 g/mol. The summed E-state index contributed by atoms with van der Waals surface area (Å²) in [7, 11) is 0. The van der Waals surface area contributed by atoms with Gasteiger partial charge in [0.15, 0.2) is 0 Å². The van der Waals surface area contributed by atoms with Gasteiger partial charge in [-0.1, -0.05) is 23.7 Å². The molecule has 0 saturated carbocycles. The smallest absolute Gasteiger partial charge is 0.410 e. The molecule has 2 aromatic rings. The number of rotatable bonds is 5. The van der Waals surface area contributed by atoms with Crippen molar-refractivity contribution >= 4 is 40.8 Å². The number of aromatic nitrogens is 2. The lowest BCUT2D eigenvalue weighted by molar-refractivity contribution is 0.0104. The minimum Gasteiger partial charge on any atom is -0.444 e. The molecule has 1 amide bonds. The molecule has 9 heteroatoms. The molecule has 3 rings (SSSR count). The number of nitrogens with zero attached hydrogens (tertiary/aromatic N) is 3. The molecule has 0 unspecified atom stereocenters. The molecule has 1 aromatic carbocycles. The van der Waals surface area contributed by atoms with Gasteiger partial charge in [0.25, 0.3) is 0 Å². The lowest BCUT2D eigenvalue weighted by Crippen LogP contribution is -2.58. The highest BCUT2D eigenvalue weighted by atomic mass is 35.5. The van der Waals surface area contributed by atoms with Crippen molar-refractivity contribution in [1.82, 2.24) is 14.9 Å².